The molecule has 2 aromatic rings. The van der Waals surface area contributed by atoms with E-state index in [9.17, 15) is 4.79 Å². The first-order valence-electron chi connectivity index (χ1n) is 7.49. The summed E-state index contributed by atoms with van der Waals surface area (Å²) in [5, 5.41) is 2.12. The van der Waals surface area contributed by atoms with Crippen LogP contribution >= 0.6 is 35.1 Å². The first-order chi connectivity index (χ1) is 12.1. The fourth-order valence-electron chi connectivity index (χ4n) is 2.35. The van der Waals surface area contributed by atoms with Crippen LogP contribution in [-0.4, -0.2) is 46.4 Å². The molecule has 0 N–H and O–H groups in total. The van der Waals surface area contributed by atoms with Gasteiger partial charge in [-0.2, -0.15) is 4.98 Å². The van der Waals surface area contributed by atoms with Crippen molar-refractivity contribution in [3.05, 3.63) is 51.6 Å². The Balaban J connectivity index is 1.89. The average molecular weight is 394 g/mol. The van der Waals surface area contributed by atoms with Crippen LogP contribution in [0.4, 0.5) is 0 Å². The molecule has 5 nitrogen and oxygen atoms in total. The SMILES string of the molecule is COc1nc(SC)ncc1/C=C1/SCCN1C(=O)c1ccc(Cl)cc1. The molecule has 2 heterocycles. The van der Waals surface area contributed by atoms with Crippen molar-refractivity contribution in [2.45, 2.75) is 5.16 Å². The number of carbonyl (C=O) groups excluding carboxylic acids is 1. The molecule has 0 atom stereocenters. The van der Waals surface area contributed by atoms with Gasteiger partial charge in [-0.05, 0) is 36.6 Å². The molecule has 0 aliphatic carbocycles. The lowest BCUT2D eigenvalue weighted by Gasteiger charge is -2.17. The summed E-state index contributed by atoms with van der Waals surface area (Å²) in [5.41, 5.74) is 1.36. The molecule has 1 fully saturated rings. The number of hydrogen-bond acceptors (Lipinski definition) is 6. The molecule has 1 aromatic carbocycles. The van der Waals surface area contributed by atoms with Gasteiger partial charge in [-0.25, -0.2) is 4.98 Å². The van der Waals surface area contributed by atoms with E-state index in [1.54, 1.807) is 54.2 Å². The fourth-order valence-corrected chi connectivity index (χ4v) is 3.83. The second-order valence-electron chi connectivity index (χ2n) is 5.12. The zero-order valence-electron chi connectivity index (χ0n) is 13.7. The largest absolute Gasteiger partial charge is 0.480 e. The van der Waals surface area contributed by atoms with Crippen molar-refractivity contribution in [2.24, 2.45) is 0 Å². The summed E-state index contributed by atoms with van der Waals surface area (Å²) in [7, 11) is 1.58. The smallest absolute Gasteiger partial charge is 0.258 e. The molecule has 0 radical (unpaired) electrons. The number of benzene rings is 1. The third kappa shape index (κ3) is 4.11. The zero-order valence-corrected chi connectivity index (χ0v) is 16.1. The lowest BCUT2D eigenvalue weighted by molar-refractivity contribution is 0.0831. The average Bonchev–Trinajstić information content (AvgIpc) is 3.10. The van der Waals surface area contributed by atoms with Gasteiger partial charge in [-0.3, -0.25) is 4.79 Å². The molecule has 0 saturated carbocycles. The number of hydrogen-bond donors (Lipinski definition) is 0. The van der Waals surface area contributed by atoms with E-state index in [-0.39, 0.29) is 5.91 Å². The summed E-state index contributed by atoms with van der Waals surface area (Å²) in [6, 6.07) is 6.92. The highest BCUT2D eigenvalue weighted by Crippen LogP contribution is 2.33. The Morgan fingerprint density at radius 3 is 2.84 bits per heavy atom. The van der Waals surface area contributed by atoms with Crippen molar-refractivity contribution >= 4 is 47.1 Å². The van der Waals surface area contributed by atoms with Gasteiger partial charge >= 0.3 is 0 Å². The Kier molecular flexibility index (Phi) is 5.88. The van der Waals surface area contributed by atoms with E-state index in [4.69, 9.17) is 16.3 Å². The monoisotopic (exact) mass is 393 g/mol. The number of methoxy groups -OCH3 is 1. The summed E-state index contributed by atoms with van der Waals surface area (Å²) in [4.78, 5) is 23.2. The second-order valence-corrected chi connectivity index (χ2v) is 7.44. The van der Waals surface area contributed by atoms with Crippen molar-refractivity contribution in [3.63, 3.8) is 0 Å². The predicted molar refractivity (Wildman–Crippen MR) is 103 cm³/mol. The number of thioether (sulfide) groups is 2. The number of aromatic nitrogens is 2. The van der Waals surface area contributed by atoms with Crippen LogP contribution in [0.25, 0.3) is 6.08 Å². The topological polar surface area (TPSA) is 55.3 Å². The molecule has 3 rings (SSSR count). The third-order valence-electron chi connectivity index (χ3n) is 3.58. The van der Waals surface area contributed by atoms with Crippen molar-refractivity contribution in [2.75, 3.05) is 25.7 Å². The van der Waals surface area contributed by atoms with Crippen molar-refractivity contribution < 1.29 is 9.53 Å². The van der Waals surface area contributed by atoms with Crippen molar-refractivity contribution in [3.8, 4) is 5.88 Å². The molecular formula is C17H16ClN3O2S2. The van der Waals surface area contributed by atoms with Gasteiger partial charge in [-0.15, -0.1) is 11.8 Å². The lowest BCUT2D eigenvalue weighted by Crippen LogP contribution is -2.26. The molecule has 1 aliphatic heterocycles. The van der Waals surface area contributed by atoms with Crippen LogP contribution in [0.1, 0.15) is 15.9 Å². The number of amides is 1. The van der Waals surface area contributed by atoms with Gasteiger partial charge in [0.2, 0.25) is 5.88 Å². The Morgan fingerprint density at radius 2 is 2.16 bits per heavy atom. The molecule has 130 valence electrons. The molecule has 1 aromatic heterocycles. The van der Waals surface area contributed by atoms with E-state index in [2.05, 4.69) is 9.97 Å². The van der Waals surface area contributed by atoms with Gasteiger partial charge in [0.1, 0.15) is 0 Å². The van der Waals surface area contributed by atoms with E-state index < -0.39 is 0 Å². The Hall–Kier alpha value is -1.70. The number of halogens is 1. The summed E-state index contributed by atoms with van der Waals surface area (Å²) in [6.45, 7) is 0.657. The van der Waals surface area contributed by atoms with E-state index in [1.807, 2.05) is 12.3 Å². The highest BCUT2D eigenvalue weighted by atomic mass is 35.5. The predicted octanol–water partition coefficient (Wildman–Crippen LogP) is 4.05. The van der Waals surface area contributed by atoms with E-state index in [0.717, 1.165) is 16.3 Å². The van der Waals surface area contributed by atoms with Crippen LogP contribution in [-0.2, 0) is 0 Å². The Bertz CT molecular complexity index is 812. The van der Waals surface area contributed by atoms with Crippen LogP contribution in [0.3, 0.4) is 0 Å². The van der Waals surface area contributed by atoms with E-state index >= 15 is 0 Å². The highest BCUT2D eigenvalue weighted by molar-refractivity contribution is 8.03. The van der Waals surface area contributed by atoms with Crippen LogP contribution in [0.2, 0.25) is 5.02 Å². The summed E-state index contributed by atoms with van der Waals surface area (Å²) in [5.74, 6) is 1.30. The molecule has 1 saturated heterocycles. The molecule has 25 heavy (non-hydrogen) atoms. The summed E-state index contributed by atoms with van der Waals surface area (Å²) < 4.78 is 5.36. The first-order valence-corrected chi connectivity index (χ1v) is 10.1. The molecule has 8 heteroatoms. The molecule has 1 aliphatic rings. The molecule has 0 bridgehead atoms. The van der Waals surface area contributed by atoms with Gasteiger partial charge in [0.15, 0.2) is 5.16 Å². The number of nitrogens with zero attached hydrogens (tertiary/aromatic N) is 3. The standard InChI is InChI=1S/C17H16ClN3O2S2/c1-23-15-12(10-19-17(20-15)24-2)9-14-21(7-8-25-14)16(22)11-3-5-13(18)6-4-11/h3-6,9-10H,7-8H2,1-2H3/b14-9+. The van der Waals surface area contributed by atoms with Crippen LogP contribution in [0.15, 0.2) is 40.6 Å². The van der Waals surface area contributed by atoms with Crippen molar-refractivity contribution in [1.29, 1.82) is 0 Å². The second kappa shape index (κ2) is 8.12. The number of rotatable bonds is 4. The van der Waals surface area contributed by atoms with Crippen LogP contribution in [0, 0.1) is 0 Å². The summed E-state index contributed by atoms with van der Waals surface area (Å²) >= 11 is 8.97. The summed E-state index contributed by atoms with van der Waals surface area (Å²) in [6.07, 6.45) is 5.52. The maximum absolute atomic E-state index is 12.8. The quantitative estimate of drug-likeness (QED) is 0.577. The van der Waals surface area contributed by atoms with Gasteiger partial charge in [-0.1, -0.05) is 23.4 Å². The normalized spacial score (nSPS) is 15.6. The maximum Gasteiger partial charge on any atom is 0.258 e. The van der Waals surface area contributed by atoms with E-state index in [1.165, 1.54) is 11.8 Å². The van der Waals surface area contributed by atoms with Gasteiger partial charge in [0.25, 0.3) is 5.91 Å². The lowest BCUT2D eigenvalue weighted by atomic mass is 10.2. The van der Waals surface area contributed by atoms with E-state index in [0.29, 0.717) is 28.2 Å². The Labute approximate surface area is 159 Å². The minimum Gasteiger partial charge on any atom is -0.480 e. The van der Waals surface area contributed by atoms with Gasteiger partial charge < -0.3 is 9.64 Å². The zero-order chi connectivity index (χ0) is 17.8. The van der Waals surface area contributed by atoms with Gasteiger partial charge in [0, 0.05) is 29.1 Å². The molecular weight excluding hydrogens is 378 g/mol. The highest BCUT2D eigenvalue weighted by Gasteiger charge is 2.25. The number of ether oxygens (including phenoxy) is 1. The first kappa shape index (κ1) is 18.1. The number of carbonyl (C=O) groups is 1. The minimum absolute atomic E-state index is 0.0477. The molecule has 0 spiro atoms. The minimum atomic E-state index is -0.0477. The van der Waals surface area contributed by atoms with Crippen molar-refractivity contribution in [1.82, 2.24) is 14.9 Å². The van der Waals surface area contributed by atoms with Crippen LogP contribution < -0.4 is 4.74 Å². The molecule has 1 amide bonds. The Morgan fingerprint density at radius 1 is 1.40 bits per heavy atom. The fraction of sp³-hybridized carbons (Fsp3) is 0.235. The third-order valence-corrected chi connectivity index (χ3v) is 5.41. The van der Waals surface area contributed by atoms with Crippen LogP contribution in [0.5, 0.6) is 5.88 Å². The maximum atomic E-state index is 12.8. The van der Waals surface area contributed by atoms with Gasteiger partial charge in [0.05, 0.1) is 17.7 Å². The molecule has 0 unspecified atom stereocenters.